The van der Waals surface area contributed by atoms with E-state index in [2.05, 4.69) is 5.32 Å². The predicted octanol–water partition coefficient (Wildman–Crippen LogP) is 2.19. The summed E-state index contributed by atoms with van der Waals surface area (Å²) in [6, 6.07) is 10.6. The fraction of sp³-hybridized carbons (Fsp3) is 0.350. The lowest BCUT2D eigenvalue weighted by Crippen LogP contribution is -2.35. The van der Waals surface area contributed by atoms with Crippen LogP contribution in [0, 0.1) is 6.92 Å². The minimum absolute atomic E-state index is 0.0430. The van der Waals surface area contributed by atoms with Crippen LogP contribution in [0.1, 0.15) is 15.9 Å². The van der Waals surface area contributed by atoms with Crippen LogP contribution in [0.4, 0.5) is 0 Å². The third kappa shape index (κ3) is 5.27. The number of carbonyl (C=O) groups is 1. The standard InChI is InChI=1S/C20H25NO6/c1-13-7-5-6-8-16(13)27-12-15(22)11-21-20(23)14-9-17(24-2)19(26-4)18(10-14)25-3/h5-10,15,22H,11-12H2,1-4H3,(H,21,23). The maximum absolute atomic E-state index is 12.4. The normalized spacial score (nSPS) is 11.4. The molecule has 146 valence electrons. The van der Waals surface area contributed by atoms with Crippen molar-refractivity contribution < 1.29 is 28.8 Å². The monoisotopic (exact) mass is 375 g/mol. The molecule has 2 aromatic carbocycles. The van der Waals surface area contributed by atoms with E-state index in [0.29, 0.717) is 28.6 Å². The van der Waals surface area contributed by atoms with Crippen molar-refractivity contribution >= 4 is 5.91 Å². The van der Waals surface area contributed by atoms with Crippen molar-refractivity contribution in [2.45, 2.75) is 13.0 Å². The summed E-state index contributed by atoms with van der Waals surface area (Å²) in [4.78, 5) is 12.4. The van der Waals surface area contributed by atoms with Gasteiger partial charge in [-0.1, -0.05) is 18.2 Å². The van der Waals surface area contributed by atoms with Crippen molar-refractivity contribution in [2.75, 3.05) is 34.5 Å². The highest BCUT2D eigenvalue weighted by atomic mass is 16.5. The molecule has 1 unspecified atom stereocenters. The number of methoxy groups -OCH3 is 3. The van der Waals surface area contributed by atoms with E-state index in [1.807, 2.05) is 31.2 Å². The number of benzene rings is 2. The van der Waals surface area contributed by atoms with Crippen LogP contribution in [-0.4, -0.2) is 51.6 Å². The van der Waals surface area contributed by atoms with Crippen LogP contribution in [0.25, 0.3) is 0 Å². The number of amides is 1. The summed E-state index contributed by atoms with van der Waals surface area (Å²) in [5.74, 6) is 1.50. The molecule has 0 aliphatic rings. The smallest absolute Gasteiger partial charge is 0.251 e. The number of aliphatic hydroxyl groups excluding tert-OH is 1. The van der Waals surface area contributed by atoms with E-state index in [9.17, 15) is 9.90 Å². The SMILES string of the molecule is COc1cc(C(=O)NCC(O)COc2ccccc2C)cc(OC)c1OC. The van der Waals surface area contributed by atoms with Gasteiger partial charge in [0.2, 0.25) is 5.75 Å². The Morgan fingerprint density at radius 2 is 1.67 bits per heavy atom. The Balaban J connectivity index is 1.96. The Morgan fingerprint density at radius 3 is 2.22 bits per heavy atom. The van der Waals surface area contributed by atoms with Gasteiger partial charge < -0.3 is 29.4 Å². The molecule has 2 rings (SSSR count). The molecule has 2 N–H and O–H groups in total. The molecule has 0 fully saturated rings. The highest BCUT2D eigenvalue weighted by molar-refractivity contribution is 5.95. The Morgan fingerprint density at radius 1 is 1.04 bits per heavy atom. The molecule has 0 aliphatic carbocycles. The van der Waals surface area contributed by atoms with Crippen LogP contribution < -0.4 is 24.3 Å². The number of aryl methyl sites for hydroxylation is 1. The fourth-order valence-electron chi connectivity index (χ4n) is 2.49. The first-order valence-corrected chi connectivity index (χ1v) is 8.44. The van der Waals surface area contributed by atoms with E-state index in [1.165, 1.54) is 21.3 Å². The lowest BCUT2D eigenvalue weighted by molar-refractivity contribution is 0.0842. The number of rotatable bonds is 9. The zero-order chi connectivity index (χ0) is 19.8. The third-order valence-electron chi connectivity index (χ3n) is 3.95. The average molecular weight is 375 g/mol. The van der Waals surface area contributed by atoms with Gasteiger partial charge in [-0.2, -0.15) is 0 Å². The van der Waals surface area contributed by atoms with Gasteiger partial charge in [0.1, 0.15) is 18.5 Å². The molecule has 0 aromatic heterocycles. The van der Waals surface area contributed by atoms with Gasteiger partial charge in [0, 0.05) is 12.1 Å². The van der Waals surface area contributed by atoms with Gasteiger partial charge >= 0.3 is 0 Å². The van der Waals surface area contributed by atoms with E-state index in [4.69, 9.17) is 18.9 Å². The number of hydrogen-bond donors (Lipinski definition) is 2. The van der Waals surface area contributed by atoms with E-state index in [1.54, 1.807) is 12.1 Å². The van der Waals surface area contributed by atoms with Gasteiger partial charge in [0.15, 0.2) is 11.5 Å². The minimum Gasteiger partial charge on any atom is -0.493 e. The van der Waals surface area contributed by atoms with Gasteiger partial charge in [-0.05, 0) is 30.7 Å². The lowest BCUT2D eigenvalue weighted by Gasteiger charge is -2.16. The molecule has 1 amide bonds. The maximum Gasteiger partial charge on any atom is 0.251 e. The quantitative estimate of drug-likeness (QED) is 0.699. The summed E-state index contributed by atoms with van der Waals surface area (Å²) in [6.45, 7) is 2.04. The van der Waals surface area contributed by atoms with E-state index in [0.717, 1.165) is 5.56 Å². The largest absolute Gasteiger partial charge is 0.493 e. The second kappa shape index (κ2) is 9.68. The highest BCUT2D eigenvalue weighted by Gasteiger charge is 2.17. The Labute approximate surface area is 158 Å². The summed E-state index contributed by atoms with van der Waals surface area (Å²) in [6.07, 6.45) is -0.851. The molecule has 0 saturated heterocycles. The van der Waals surface area contributed by atoms with Gasteiger partial charge in [0.25, 0.3) is 5.91 Å². The van der Waals surface area contributed by atoms with Crippen LogP contribution in [0.15, 0.2) is 36.4 Å². The van der Waals surface area contributed by atoms with Crippen molar-refractivity contribution in [3.8, 4) is 23.0 Å². The van der Waals surface area contributed by atoms with E-state index >= 15 is 0 Å². The van der Waals surface area contributed by atoms with Crippen molar-refractivity contribution in [3.05, 3.63) is 47.5 Å². The van der Waals surface area contributed by atoms with Crippen molar-refractivity contribution in [1.29, 1.82) is 0 Å². The fourth-order valence-corrected chi connectivity index (χ4v) is 2.49. The second-order valence-corrected chi connectivity index (χ2v) is 5.85. The average Bonchev–Trinajstić information content (AvgIpc) is 2.70. The van der Waals surface area contributed by atoms with Crippen LogP contribution in [-0.2, 0) is 0 Å². The third-order valence-corrected chi connectivity index (χ3v) is 3.95. The maximum atomic E-state index is 12.4. The zero-order valence-corrected chi connectivity index (χ0v) is 15.9. The predicted molar refractivity (Wildman–Crippen MR) is 101 cm³/mol. The van der Waals surface area contributed by atoms with E-state index < -0.39 is 6.10 Å². The van der Waals surface area contributed by atoms with E-state index in [-0.39, 0.29) is 19.1 Å². The summed E-state index contributed by atoms with van der Waals surface area (Å²) in [5.41, 5.74) is 1.31. The second-order valence-electron chi connectivity index (χ2n) is 5.85. The van der Waals surface area contributed by atoms with Crippen molar-refractivity contribution in [3.63, 3.8) is 0 Å². The molecule has 0 heterocycles. The lowest BCUT2D eigenvalue weighted by atomic mass is 10.1. The molecule has 0 radical (unpaired) electrons. The van der Waals surface area contributed by atoms with Crippen LogP contribution in [0.3, 0.4) is 0 Å². The molecule has 0 aliphatic heterocycles. The van der Waals surface area contributed by atoms with Gasteiger partial charge in [-0.3, -0.25) is 4.79 Å². The Bertz CT molecular complexity index is 752. The Kier molecular flexibility index (Phi) is 7.31. The Hall–Kier alpha value is -2.93. The first kappa shape index (κ1) is 20.4. The molecule has 0 saturated carbocycles. The summed E-state index contributed by atoms with van der Waals surface area (Å²) in [5, 5.41) is 12.7. The molecule has 27 heavy (non-hydrogen) atoms. The summed E-state index contributed by atoms with van der Waals surface area (Å²) < 4.78 is 21.3. The van der Waals surface area contributed by atoms with Crippen molar-refractivity contribution in [2.24, 2.45) is 0 Å². The van der Waals surface area contributed by atoms with Gasteiger partial charge in [-0.25, -0.2) is 0 Å². The van der Waals surface area contributed by atoms with Gasteiger partial charge in [0.05, 0.1) is 21.3 Å². The van der Waals surface area contributed by atoms with Crippen molar-refractivity contribution in [1.82, 2.24) is 5.32 Å². The summed E-state index contributed by atoms with van der Waals surface area (Å²) in [7, 11) is 4.45. The molecular weight excluding hydrogens is 350 g/mol. The first-order chi connectivity index (χ1) is 13.0. The molecule has 7 heteroatoms. The number of ether oxygens (including phenoxy) is 4. The van der Waals surface area contributed by atoms with Crippen LogP contribution >= 0.6 is 0 Å². The molecular formula is C20H25NO6. The number of aliphatic hydroxyl groups is 1. The number of carbonyl (C=O) groups excluding carboxylic acids is 1. The molecule has 2 aromatic rings. The topological polar surface area (TPSA) is 86.3 Å². The number of para-hydroxylation sites is 1. The van der Waals surface area contributed by atoms with Gasteiger partial charge in [-0.15, -0.1) is 0 Å². The number of hydrogen-bond acceptors (Lipinski definition) is 6. The molecule has 1 atom stereocenters. The molecule has 0 bridgehead atoms. The number of nitrogens with one attached hydrogen (secondary N) is 1. The highest BCUT2D eigenvalue weighted by Crippen LogP contribution is 2.38. The van der Waals surface area contributed by atoms with Crippen LogP contribution in [0.2, 0.25) is 0 Å². The zero-order valence-electron chi connectivity index (χ0n) is 15.9. The summed E-state index contributed by atoms with van der Waals surface area (Å²) >= 11 is 0. The first-order valence-electron chi connectivity index (χ1n) is 8.44. The molecule has 0 spiro atoms. The minimum atomic E-state index is -0.851. The molecule has 7 nitrogen and oxygen atoms in total. The van der Waals surface area contributed by atoms with Crippen LogP contribution in [0.5, 0.6) is 23.0 Å².